The highest BCUT2D eigenvalue weighted by molar-refractivity contribution is 7.47. The van der Waals surface area contributed by atoms with Gasteiger partial charge < -0.3 is 33.8 Å². The zero-order valence-electron chi connectivity index (χ0n) is 57.9. The summed E-state index contributed by atoms with van der Waals surface area (Å²) >= 11 is 0. The second kappa shape index (κ2) is 62.6. The van der Waals surface area contributed by atoms with Gasteiger partial charge >= 0.3 is 39.5 Å². The number of phosphoric ester groups is 2. The summed E-state index contributed by atoms with van der Waals surface area (Å²) in [6.45, 7) is 9.42. The highest BCUT2D eigenvalue weighted by Crippen LogP contribution is 2.45. The van der Waals surface area contributed by atoms with Crippen LogP contribution in [-0.4, -0.2) is 96.7 Å². The lowest BCUT2D eigenvalue weighted by atomic mass is 10.0. The van der Waals surface area contributed by atoms with Crippen LogP contribution in [0.3, 0.4) is 0 Å². The first kappa shape index (κ1) is 87.5. The Balaban J connectivity index is 5.24. The van der Waals surface area contributed by atoms with E-state index in [1.807, 2.05) is 0 Å². The van der Waals surface area contributed by atoms with Crippen LogP contribution in [0.5, 0.6) is 0 Å². The van der Waals surface area contributed by atoms with E-state index in [0.717, 1.165) is 134 Å². The highest BCUT2D eigenvalue weighted by Gasteiger charge is 2.30. The Hall–Kier alpha value is -2.46. The predicted molar refractivity (Wildman–Crippen MR) is 363 cm³/mol. The third-order valence-corrected chi connectivity index (χ3v) is 17.7. The maximum absolute atomic E-state index is 13.0. The number of ether oxygens (including phenoxy) is 4. The van der Waals surface area contributed by atoms with Gasteiger partial charge in [-0.25, -0.2) is 9.13 Å². The first-order valence-electron chi connectivity index (χ1n) is 36.3. The number of carbonyl (C=O) groups excluding carboxylic acids is 4. The van der Waals surface area contributed by atoms with E-state index in [2.05, 4.69) is 65.8 Å². The minimum atomic E-state index is -4.96. The van der Waals surface area contributed by atoms with Gasteiger partial charge in [0.1, 0.15) is 19.3 Å². The number of aliphatic hydroxyl groups excluding tert-OH is 1. The molecule has 17 nitrogen and oxygen atoms in total. The second-order valence-corrected chi connectivity index (χ2v) is 28.8. The fourth-order valence-electron chi connectivity index (χ4n) is 10.2. The molecule has 0 saturated carbocycles. The average molecular weight is 1320 g/mol. The Morgan fingerprint density at radius 1 is 0.344 bits per heavy atom. The quantitative estimate of drug-likeness (QED) is 0.0169. The van der Waals surface area contributed by atoms with Crippen LogP contribution in [0.4, 0.5) is 0 Å². The van der Waals surface area contributed by atoms with Crippen LogP contribution in [0.15, 0.2) is 24.3 Å². The zero-order valence-corrected chi connectivity index (χ0v) is 59.7. The third-order valence-electron chi connectivity index (χ3n) is 15.8. The topological polar surface area (TPSA) is 237 Å². The summed E-state index contributed by atoms with van der Waals surface area (Å²) in [4.78, 5) is 72.4. The Morgan fingerprint density at radius 2 is 0.600 bits per heavy atom. The van der Waals surface area contributed by atoms with Crippen LogP contribution < -0.4 is 0 Å². The van der Waals surface area contributed by atoms with Crippen molar-refractivity contribution in [3.05, 3.63) is 24.3 Å². The van der Waals surface area contributed by atoms with Crippen LogP contribution in [0.2, 0.25) is 0 Å². The van der Waals surface area contributed by atoms with Crippen molar-refractivity contribution in [2.75, 3.05) is 39.6 Å². The van der Waals surface area contributed by atoms with Crippen LogP contribution >= 0.6 is 15.6 Å². The summed E-state index contributed by atoms with van der Waals surface area (Å²) in [6, 6.07) is 0. The highest BCUT2D eigenvalue weighted by atomic mass is 31.2. The van der Waals surface area contributed by atoms with Gasteiger partial charge in [-0.1, -0.05) is 284 Å². The van der Waals surface area contributed by atoms with Crippen molar-refractivity contribution in [1.29, 1.82) is 0 Å². The van der Waals surface area contributed by atoms with E-state index in [9.17, 15) is 43.2 Å². The SMILES string of the molecule is CCCCCC/C=C\C=C/CCCCCCCC(=O)OC[C@H](COP(=O)(O)OC[C@@H](O)COP(=O)(O)OC[C@@H](COC(=O)CCCCCCCCC)OC(=O)CCCCCCCCCCC(C)C)OC(=O)CCCCCCCCCCCCCCCCC(C)C. The predicted octanol–water partition coefficient (Wildman–Crippen LogP) is 19.9. The molecule has 0 radical (unpaired) electrons. The van der Waals surface area contributed by atoms with Crippen molar-refractivity contribution in [3.8, 4) is 0 Å². The van der Waals surface area contributed by atoms with E-state index in [1.54, 1.807) is 0 Å². The van der Waals surface area contributed by atoms with Crippen LogP contribution in [0, 0.1) is 11.8 Å². The molecule has 0 amide bonds. The fourth-order valence-corrected chi connectivity index (χ4v) is 11.8. The normalized spacial score (nSPS) is 14.3. The van der Waals surface area contributed by atoms with Crippen LogP contribution in [-0.2, 0) is 65.4 Å². The lowest BCUT2D eigenvalue weighted by Crippen LogP contribution is -2.30. The largest absolute Gasteiger partial charge is 0.472 e. The molecule has 0 fully saturated rings. The molecule has 0 aliphatic rings. The monoisotopic (exact) mass is 1320 g/mol. The van der Waals surface area contributed by atoms with Crippen LogP contribution in [0.1, 0.15) is 337 Å². The molecule has 5 atom stereocenters. The van der Waals surface area contributed by atoms with Gasteiger partial charge in [0.2, 0.25) is 0 Å². The molecule has 0 saturated heterocycles. The Morgan fingerprint density at radius 3 is 0.911 bits per heavy atom. The van der Waals surface area contributed by atoms with Gasteiger partial charge in [-0.3, -0.25) is 37.3 Å². The van der Waals surface area contributed by atoms with Gasteiger partial charge in [-0.2, -0.15) is 0 Å². The molecule has 530 valence electrons. The van der Waals surface area contributed by atoms with Gasteiger partial charge in [0.05, 0.1) is 26.4 Å². The van der Waals surface area contributed by atoms with Crippen molar-refractivity contribution in [3.63, 3.8) is 0 Å². The molecular weight excluding hydrogens is 1190 g/mol. The molecule has 90 heavy (non-hydrogen) atoms. The maximum Gasteiger partial charge on any atom is 0.472 e. The number of hydrogen-bond donors (Lipinski definition) is 3. The third kappa shape index (κ3) is 64.3. The standard InChI is InChI=1S/C71H134O17P2/c1-7-9-11-13-15-16-17-18-19-23-26-29-36-42-48-54-69(74)82-60-67(87-70(75)55-49-43-37-30-27-24-21-20-22-25-28-34-39-45-51-63(3)4)62-86-90(79,80)84-58-65(72)57-83-89(77,78)85-61-66(59-81-68(73)53-47-41-33-14-12-10-8-2)88-71(76)56-50-44-38-32-31-35-40-46-52-64(5)6/h16-19,63-67,72H,7-15,20-62H2,1-6H3,(H,77,78)(H,79,80)/b17-16-,19-18-/t65-,66+,67+/m0/s1. The summed E-state index contributed by atoms with van der Waals surface area (Å²) in [7, 11) is -9.91. The minimum absolute atomic E-state index is 0.100. The summed E-state index contributed by atoms with van der Waals surface area (Å²) in [5.41, 5.74) is 0. The molecule has 0 heterocycles. The van der Waals surface area contributed by atoms with E-state index in [4.69, 9.17) is 37.0 Å². The molecule has 0 aromatic carbocycles. The van der Waals surface area contributed by atoms with E-state index in [1.165, 1.54) is 122 Å². The number of unbranched alkanes of at least 4 members (excludes halogenated alkanes) is 35. The molecular formula is C71H134O17P2. The minimum Gasteiger partial charge on any atom is -0.462 e. The molecule has 2 unspecified atom stereocenters. The van der Waals surface area contributed by atoms with Crippen molar-refractivity contribution in [1.82, 2.24) is 0 Å². The molecule has 0 spiro atoms. The molecule has 19 heteroatoms. The molecule has 3 N–H and O–H groups in total. The van der Waals surface area contributed by atoms with E-state index in [0.29, 0.717) is 25.7 Å². The Kier molecular flexibility index (Phi) is 60.9. The first-order chi connectivity index (χ1) is 43.4. The van der Waals surface area contributed by atoms with Gasteiger partial charge in [0, 0.05) is 25.7 Å². The van der Waals surface area contributed by atoms with E-state index < -0.39 is 97.5 Å². The summed E-state index contributed by atoms with van der Waals surface area (Å²) in [5, 5.41) is 10.6. The number of carbonyl (C=O) groups is 4. The molecule has 0 bridgehead atoms. The lowest BCUT2D eigenvalue weighted by molar-refractivity contribution is -0.161. The number of aliphatic hydroxyl groups is 1. The van der Waals surface area contributed by atoms with Crippen molar-refractivity contribution in [2.24, 2.45) is 11.8 Å². The van der Waals surface area contributed by atoms with Crippen molar-refractivity contribution < 1.29 is 80.2 Å². The summed E-state index contributed by atoms with van der Waals surface area (Å²) < 4.78 is 68.2. The molecule has 0 aliphatic carbocycles. The van der Waals surface area contributed by atoms with Gasteiger partial charge in [-0.15, -0.1) is 0 Å². The molecule has 0 rings (SSSR count). The zero-order chi connectivity index (χ0) is 66.5. The van der Waals surface area contributed by atoms with Gasteiger partial charge in [0.15, 0.2) is 12.2 Å². The number of allylic oxidation sites excluding steroid dienone is 4. The number of phosphoric acid groups is 2. The number of esters is 4. The van der Waals surface area contributed by atoms with Gasteiger partial charge in [-0.05, 0) is 63.2 Å². The average Bonchev–Trinajstić information content (AvgIpc) is 3.00. The second-order valence-electron chi connectivity index (χ2n) is 25.9. The summed E-state index contributed by atoms with van der Waals surface area (Å²) in [5.74, 6) is -0.650. The van der Waals surface area contributed by atoms with Crippen molar-refractivity contribution in [2.45, 2.75) is 355 Å². The molecule has 0 aromatic rings. The Labute approximate surface area is 548 Å². The smallest absolute Gasteiger partial charge is 0.462 e. The summed E-state index contributed by atoms with van der Waals surface area (Å²) in [6.07, 6.45) is 51.0. The maximum atomic E-state index is 13.0. The van der Waals surface area contributed by atoms with Crippen LogP contribution in [0.25, 0.3) is 0 Å². The lowest BCUT2D eigenvalue weighted by Gasteiger charge is -2.21. The van der Waals surface area contributed by atoms with Gasteiger partial charge in [0.25, 0.3) is 0 Å². The first-order valence-corrected chi connectivity index (χ1v) is 39.3. The van der Waals surface area contributed by atoms with E-state index in [-0.39, 0.29) is 25.7 Å². The molecule has 0 aliphatic heterocycles. The van der Waals surface area contributed by atoms with E-state index >= 15 is 0 Å². The number of hydrogen-bond acceptors (Lipinski definition) is 15. The molecule has 0 aromatic heterocycles. The Bertz CT molecular complexity index is 1850. The number of rotatable bonds is 68. The van der Waals surface area contributed by atoms with Crippen molar-refractivity contribution >= 4 is 39.5 Å². The fraction of sp³-hybridized carbons (Fsp3) is 0.887.